The molecule has 0 spiro atoms. The summed E-state index contributed by atoms with van der Waals surface area (Å²) in [5.74, 6) is 0.612. The molecule has 29 heavy (non-hydrogen) atoms. The molecule has 3 N–H and O–H groups in total. The second-order valence-electron chi connectivity index (χ2n) is 6.68. The molecule has 0 saturated heterocycles. The number of urea groups is 1. The molecule has 0 radical (unpaired) electrons. The van der Waals surface area contributed by atoms with Gasteiger partial charge >= 0.3 is 6.03 Å². The van der Waals surface area contributed by atoms with Gasteiger partial charge in [-0.05, 0) is 48.7 Å². The van der Waals surface area contributed by atoms with Crippen molar-refractivity contribution in [3.8, 4) is 0 Å². The van der Waals surface area contributed by atoms with Crippen LogP contribution < -0.4 is 15.4 Å². The Labute approximate surface area is 170 Å². The van der Waals surface area contributed by atoms with E-state index in [2.05, 4.69) is 10.3 Å². The summed E-state index contributed by atoms with van der Waals surface area (Å²) in [7, 11) is -3.70. The van der Waals surface area contributed by atoms with Gasteiger partial charge in [-0.3, -0.25) is 4.90 Å². The highest BCUT2D eigenvalue weighted by molar-refractivity contribution is 7.89. The van der Waals surface area contributed by atoms with Gasteiger partial charge in [-0.15, -0.1) is 0 Å². The van der Waals surface area contributed by atoms with Crippen molar-refractivity contribution in [3.05, 3.63) is 66.2 Å². The summed E-state index contributed by atoms with van der Waals surface area (Å²) in [6.45, 7) is 2.98. The third kappa shape index (κ3) is 5.30. The van der Waals surface area contributed by atoms with Gasteiger partial charge in [0.2, 0.25) is 10.0 Å². The number of rotatable bonds is 7. The summed E-state index contributed by atoms with van der Waals surface area (Å²) >= 11 is 0. The molecule has 3 rings (SSSR count). The van der Waals surface area contributed by atoms with Crippen molar-refractivity contribution in [2.24, 2.45) is 5.14 Å². The summed E-state index contributed by atoms with van der Waals surface area (Å²) in [6.07, 6.45) is 1.37. The second-order valence-corrected chi connectivity index (χ2v) is 8.25. The highest BCUT2D eigenvalue weighted by Crippen LogP contribution is 2.18. The van der Waals surface area contributed by atoms with E-state index in [1.807, 2.05) is 43.3 Å². The maximum Gasteiger partial charge on any atom is 0.323 e. The van der Waals surface area contributed by atoms with E-state index in [0.29, 0.717) is 25.3 Å². The lowest BCUT2D eigenvalue weighted by Gasteiger charge is -2.22. The minimum absolute atomic E-state index is 0.0711. The molecule has 0 fully saturated rings. The number of hydrogen-bond donors (Lipinski definition) is 2. The van der Waals surface area contributed by atoms with E-state index in [-0.39, 0.29) is 10.9 Å². The topological polar surface area (TPSA) is 105 Å². The molecule has 0 unspecified atom stereocenters. The van der Waals surface area contributed by atoms with Crippen LogP contribution in [0.4, 0.5) is 10.6 Å². The number of para-hydroxylation sites is 1. The Balaban J connectivity index is 1.65. The maximum atomic E-state index is 12.7. The van der Waals surface area contributed by atoms with Crippen molar-refractivity contribution in [3.63, 3.8) is 0 Å². The number of carbonyl (C=O) groups is 1. The highest BCUT2D eigenvalue weighted by Gasteiger charge is 2.16. The number of anilines is 1. The van der Waals surface area contributed by atoms with E-state index >= 15 is 0 Å². The molecule has 3 aromatic rings. The molecule has 0 saturated carbocycles. The third-order valence-corrected chi connectivity index (χ3v) is 5.42. The van der Waals surface area contributed by atoms with E-state index in [1.165, 1.54) is 12.1 Å². The van der Waals surface area contributed by atoms with E-state index in [0.717, 1.165) is 22.9 Å². The summed E-state index contributed by atoms with van der Waals surface area (Å²) in [6, 6.07) is 17.7. The first-order chi connectivity index (χ1) is 13.9. The average Bonchev–Trinajstić information content (AvgIpc) is 2.71. The first-order valence-electron chi connectivity index (χ1n) is 9.41. The van der Waals surface area contributed by atoms with Crippen LogP contribution in [0.3, 0.4) is 0 Å². The Hall–Kier alpha value is -2.97. The summed E-state index contributed by atoms with van der Waals surface area (Å²) in [5, 5.41) is 9.04. The van der Waals surface area contributed by atoms with Crippen molar-refractivity contribution in [1.82, 2.24) is 10.3 Å². The van der Waals surface area contributed by atoms with Crippen LogP contribution in [-0.2, 0) is 16.4 Å². The van der Waals surface area contributed by atoms with Crippen LogP contribution in [0.2, 0.25) is 0 Å². The third-order valence-electron chi connectivity index (χ3n) is 4.49. The van der Waals surface area contributed by atoms with E-state index < -0.39 is 10.0 Å². The van der Waals surface area contributed by atoms with Crippen LogP contribution in [0.25, 0.3) is 10.9 Å². The Kier molecular flexibility index (Phi) is 6.46. The molecule has 2 amide bonds. The van der Waals surface area contributed by atoms with Gasteiger partial charge in [0.05, 0.1) is 10.4 Å². The largest absolute Gasteiger partial charge is 0.337 e. The zero-order valence-corrected chi connectivity index (χ0v) is 17.0. The summed E-state index contributed by atoms with van der Waals surface area (Å²) in [5.41, 5.74) is 1.75. The molecule has 1 aromatic heterocycles. The SMILES string of the molecule is CCCN(C(=O)NCCc1ccc(S(N)(=O)=O)cc1)c1ccc2ccccc2n1. The molecule has 0 aliphatic heterocycles. The van der Waals surface area contributed by atoms with E-state index in [9.17, 15) is 13.2 Å². The van der Waals surface area contributed by atoms with Gasteiger partial charge in [0, 0.05) is 18.5 Å². The lowest BCUT2D eigenvalue weighted by Crippen LogP contribution is -2.41. The Morgan fingerprint density at radius 3 is 2.48 bits per heavy atom. The fourth-order valence-corrected chi connectivity index (χ4v) is 3.52. The fourth-order valence-electron chi connectivity index (χ4n) is 3.00. The summed E-state index contributed by atoms with van der Waals surface area (Å²) in [4.78, 5) is 19.0. The van der Waals surface area contributed by atoms with Gasteiger partial charge in [0.15, 0.2) is 0 Å². The van der Waals surface area contributed by atoms with Gasteiger partial charge in [-0.1, -0.05) is 37.3 Å². The van der Waals surface area contributed by atoms with Crippen LogP contribution in [-0.4, -0.2) is 32.5 Å². The maximum absolute atomic E-state index is 12.7. The Bertz CT molecular complexity index is 1100. The lowest BCUT2D eigenvalue weighted by molar-refractivity contribution is 0.246. The standard InChI is InChI=1S/C21H24N4O3S/c1-2-15-25(20-12-9-17-5-3-4-6-19(17)24-20)21(26)23-14-13-16-7-10-18(11-8-16)29(22,27)28/h3-12H,2,13-15H2,1H3,(H,23,26)(H2,22,27,28). The number of aromatic nitrogens is 1. The van der Waals surface area contributed by atoms with Crippen molar-refractivity contribution in [2.45, 2.75) is 24.7 Å². The normalized spacial score (nSPS) is 11.4. The molecule has 8 heteroatoms. The minimum atomic E-state index is -3.70. The quantitative estimate of drug-likeness (QED) is 0.622. The molecule has 152 valence electrons. The number of nitrogens with zero attached hydrogens (tertiary/aromatic N) is 2. The highest BCUT2D eigenvalue weighted by atomic mass is 32.2. The van der Waals surface area contributed by atoms with Crippen molar-refractivity contribution in [1.29, 1.82) is 0 Å². The molecular weight excluding hydrogens is 388 g/mol. The Morgan fingerprint density at radius 1 is 1.07 bits per heavy atom. The number of hydrogen-bond acceptors (Lipinski definition) is 4. The molecule has 0 aliphatic rings. The number of benzene rings is 2. The number of primary sulfonamides is 1. The first kappa shape index (κ1) is 20.8. The average molecular weight is 413 g/mol. The van der Waals surface area contributed by atoms with Crippen molar-refractivity contribution in [2.75, 3.05) is 18.0 Å². The van der Waals surface area contributed by atoms with Gasteiger partial charge in [0.1, 0.15) is 5.82 Å². The van der Waals surface area contributed by atoms with Crippen LogP contribution in [0.5, 0.6) is 0 Å². The molecule has 0 atom stereocenters. The lowest BCUT2D eigenvalue weighted by atomic mass is 10.1. The van der Waals surface area contributed by atoms with Crippen LogP contribution in [0, 0.1) is 0 Å². The number of nitrogens with two attached hydrogens (primary N) is 1. The number of nitrogens with one attached hydrogen (secondary N) is 1. The molecule has 0 bridgehead atoms. The summed E-state index contributed by atoms with van der Waals surface area (Å²) < 4.78 is 22.6. The monoisotopic (exact) mass is 412 g/mol. The molecule has 0 aliphatic carbocycles. The van der Waals surface area contributed by atoms with Crippen molar-refractivity contribution < 1.29 is 13.2 Å². The number of carbonyl (C=O) groups excluding carboxylic acids is 1. The predicted molar refractivity (Wildman–Crippen MR) is 114 cm³/mol. The van der Waals surface area contributed by atoms with Gasteiger partial charge < -0.3 is 5.32 Å². The molecule has 7 nitrogen and oxygen atoms in total. The molecular formula is C21H24N4O3S. The zero-order valence-electron chi connectivity index (χ0n) is 16.2. The predicted octanol–water partition coefficient (Wildman–Crippen LogP) is 3.05. The van der Waals surface area contributed by atoms with E-state index in [1.54, 1.807) is 17.0 Å². The minimum Gasteiger partial charge on any atom is -0.337 e. The van der Waals surface area contributed by atoms with Gasteiger partial charge in [-0.2, -0.15) is 0 Å². The molecule has 2 aromatic carbocycles. The smallest absolute Gasteiger partial charge is 0.323 e. The van der Waals surface area contributed by atoms with Crippen LogP contribution >= 0.6 is 0 Å². The van der Waals surface area contributed by atoms with Gasteiger partial charge in [0.25, 0.3) is 0 Å². The van der Waals surface area contributed by atoms with Crippen LogP contribution in [0.1, 0.15) is 18.9 Å². The number of pyridine rings is 1. The van der Waals surface area contributed by atoms with E-state index in [4.69, 9.17) is 5.14 Å². The fraction of sp³-hybridized carbons (Fsp3) is 0.238. The van der Waals surface area contributed by atoms with Gasteiger partial charge in [-0.25, -0.2) is 23.3 Å². The Morgan fingerprint density at radius 2 is 1.79 bits per heavy atom. The number of sulfonamides is 1. The molecule has 1 heterocycles. The number of amides is 2. The zero-order chi connectivity index (χ0) is 20.9. The van der Waals surface area contributed by atoms with Crippen molar-refractivity contribution >= 4 is 32.8 Å². The second kappa shape index (κ2) is 9.02. The number of fused-ring (bicyclic) bond motifs is 1. The van der Waals surface area contributed by atoms with Crippen LogP contribution in [0.15, 0.2) is 65.6 Å². The first-order valence-corrected chi connectivity index (χ1v) is 11.0.